The second kappa shape index (κ2) is 4.26. The summed E-state index contributed by atoms with van der Waals surface area (Å²) in [5, 5.41) is 12.2. The van der Waals surface area contributed by atoms with Crippen LogP contribution in [0.3, 0.4) is 0 Å². The van der Waals surface area contributed by atoms with Crippen LogP contribution in [0.25, 0.3) is 0 Å². The lowest BCUT2D eigenvalue weighted by Gasteiger charge is -2.15. The molecule has 0 amide bonds. The van der Waals surface area contributed by atoms with Crippen LogP contribution >= 0.6 is 0 Å². The first-order valence-corrected chi connectivity index (χ1v) is 5.10. The quantitative estimate of drug-likeness (QED) is 0.729. The van der Waals surface area contributed by atoms with Gasteiger partial charge in [0.25, 0.3) is 0 Å². The Morgan fingerprint density at radius 3 is 3.14 bits per heavy atom. The van der Waals surface area contributed by atoms with E-state index >= 15 is 0 Å². The van der Waals surface area contributed by atoms with Crippen LogP contribution in [0.1, 0.15) is 30.0 Å². The molecule has 1 N–H and O–H groups in total. The molecule has 72 valence electrons. The lowest BCUT2D eigenvalue weighted by Crippen LogP contribution is -2.20. The molecule has 0 spiro atoms. The maximum Gasteiger partial charge on any atom is 0.0641 e. The zero-order valence-electron chi connectivity index (χ0n) is 8.16. The van der Waals surface area contributed by atoms with Crippen LogP contribution in [0.2, 0.25) is 0 Å². The molecule has 0 saturated carbocycles. The molecule has 1 aromatic rings. The molecule has 1 unspecified atom stereocenters. The fraction of sp³-hybridized carbons (Fsp3) is 0.417. The van der Waals surface area contributed by atoms with Gasteiger partial charge in [-0.1, -0.05) is 24.3 Å². The highest BCUT2D eigenvalue weighted by Crippen LogP contribution is 2.24. The summed E-state index contributed by atoms with van der Waals surface area (Å²) in [6.07, 6.45) is 2.86. The van der Waals surface area contributed by atoms with Gasteiger partial charge >= 0.3 is 0 Å². The molecule has 2 nitrogen and oxygen atoms in total. The van der Waals surface area contributed by atoms with Crippen molar-refractivity contribution in [3.8, 4) is 6.07 Å². The van der Waals surface area contributed by atoms with Gasteiger partial charge in [0.2, 0.25) is 0 Å². The minimum atomic E-state index is 0.235. The monoisotopic (exact) mass is 186 g/mol. The van der Waals surface area contributed by atoms with Crippen molar-refractivity contribution in [3.63, 3.8) is 0 Å². The normalized spacial score (nSPS) is 20.6. The molecular weight excluding hydrogens is 172 g/mol. The number of rotatable bonds is 1. The predicted molar refractivity (Wildman–Crippen MR) is 55.7 cm³/mol. The van der Waals surface area contributed by atoms with Gasteiger partial charge < -0.3 is 5.32 Å². The van der Waals surface area contributed by atoms with E-state index in [0.717, 1.165) is 13.0 Å². The summed E-state index contributed by atoms with van der Waals surface area (Å²) in [7, 11) is 0. The minimum Gasteiger partial charge on any atom is -0.309 e. The molecular formula is C12H14N2. The number of fused-ring (bicyclic) bond motifs is 1. The van der Waals surface area contributed by atoms with Crippen LogP contribution in [0.4, 0.5) is 0 Å². The van der Waals surface area contributed by atoms with E-state index in [1.807, 2.05) is 0 Å². The lowest BCUT2D eigenvalue weighted by molar-refractivity contribution is 0.552. The molecule has 0 aliphatic carbocycles. The van der Waals surface area contributed by atoms with Crippen LogP contribution < -0.4 is 5.32 Å². The van der Waals surface area contributed by atoms with Crippen LogP contribution in [0.15, 0.2) is 24.3 Å². The van der Waals surface area contributed by atoms with E-state index < -0.39 is 0 Å². The molecule has 1 atom stereocenters. The molecule has 14 heavy (non-hydrogen) atoms. The molecule has 1 heterocycles. The fourth-order valence-corrected chi connectivity index (χ4v) is 2.04. The minimum absolute atomic E-state index is 0.235. The highest BCUT2D eigenvalue weighted by molar-refractivity contribution is 5.31. The molecule has 0 fully saturated rings. The Kier molecular flexibility index (Phi) is 2.81. The van der Waals surface area contributed by atoms with Crippen molar-refractivity contribution in [1.29, 1.82) is 5.26 Å². The average Bonchev–Trinajstić information content (AvgIpc) is 2.42. The third-order valence-electron chi connectivity index (χ3n) is 2.74. The zero-order valence-corrected chi connectivity index (χ0v) is 8.16. The van der Waals surface area contributed by atoms with Gasteiger partial charge in [0.05, 0.1) is 12.5 Å². The highest BCUT2D eigenvalue weighted by Gasteiger charge is 2.16. The first-order chi connectivity index (χ1) is 6.92. The van der Waals surface area contributed by atoms with Crippen LogP contribution in [-0.2, 0) is 6.42 Å². The second-order valence-corrected chi connectivity index (χ2v) is 3.67. The van der Waals surface area contributed by atoms with Gasteiger partial charge in [0, 0.05) is 6.04 Å². The Bertz CT molecular complexity index is 352. The molecule has 0 radical (unpaired) electrons. The summed E-state index contributed by atoms with van der Waals surface area (Å²) in [5.41, 5.74) is 2.71. The summed E-state index contributed by atoms with van der Waals surface area (Å²) in [6, 6.07) is 10.9. The van der Waals surface area contributed by atoms with E-state index in [2.05, 4.69) is 35.7 Å². The van der Waals surface area contributed by atoms with Crippen molar-refractivity contribution in [2.45, 2.75) is 25.3 Å². The fourth-order valence-electron chi connectivity index (χ4n) is 2.04. The summed E-state index contributed by atoms with van der Waals surface area (Å²) in [5.74, 6) is 0. The number of benzene rings is 1. The lowest BCUT2D eigenvalue weighted by atomic mass is 9.97. The highest BCUT2D eigenvalue weighted by atomic mass is 14.9. The van der Waals surface area contributed by atoms with Crippen LogP contribution in [0, 0.1) is 11.3 Å². The zero-order chi connectivity index (χ0) is 9.80. The average molecular weight is 186 g/mol. The molecule has 0 bridgehead atoms. The maximum absolute atomic E-state index is 8.75. The molecule has 0 aromatic heterocycles. The Morgan fingerprint density at radius 1 is 1.43 bits per heavy atom. The Morgan fingerprint density at radius 2 is 2.29 bits per heavy atom. The van der Waals surface area contributed by atoms with E-state index in [9.17, 15) is 0 Å². The van der Waals surface area contributed by atoms with Gasteiger partial charge in [0.15, 0.2) is 0 Å². The largest absolute Gasteiger partial charge is 0.309 e. The van der Waals surface area contributed by atoms with Gasteiger partial charge in [-0.3, -0.25) is 0 Å². The van der Waals surface area contributed by atoms with Gasteiger partial charge in [-0.15, -0.1) is 0 Å². The second-order valence-electron chi connectivity index (χ2n) is 3.67. The van der Waals surface area contributed by atoms with Gasteiger partial charge in [0.1, 0.15) is 0 Å². The van der Waals surface area contributed by atoms with Crippen molar-refractivity contribution in [2.75, 3.05) is 6.54 Å². The van der Waals surface area contributed by atoms with E-state index in [0.29, 0.717) is 6.42 Å². The molecule has 2 rings (SSSR count). The first-order valence-electron chi connectivity index (χ1n) is 5.10. The first kappa shape index (κ1) is 9.23. The molecule has 1 aliphatic heterocycles. The van der Waals surface area contributed by atoms with Crippen molar-refractivity contribution in [1.82, 2.24) is 5.32 Å². The van der Waals surface area contributed by atoms with Crippen LogP contribution in [0.5, 0.6) is 0 Å². The number of hydrogen-bond acceptors (Lipinski definition) is 2. The molecule has 0 saturated heterocycles. The smallest absolute Gasteiger partial charge is 0.0641 e. The van der Waals surface area contributed by atoms with Gasteiger partial charge in [-0.25, -0.2) is 0 Å². The van der Waals surface area contributed by atoms with Crippen LogP contribution in [-0.4, -0.2) is 6.54 Å². The Labute approximate surface area is 84.6 Å². The molecule has 1 aromatic carbocycles. The molecule has 1 aliphatic rings. The molecule has 2 heteroatoms. The number of nitrogens with one attached hydrogen (secondary N) is 1. The van der Waals surface area contributed by atoms with Gasteiger partial charge in [-0.05, 0) is 30.5 Å². The van der Waals surface area contributed by atoms with Gasteiger partial charge in [-0.2, -0.15) is 5.26 Å². The summed E-state index contributed by atoms with van der Waals surface area (Å²) < 4.78 is 0. The Balaban J connectivity index is 2.33. The van der Waals surface area contributed by atoms with E-state index in [1.54, 1.807) is 0 Å². The van der Waals surface area contributed by atoms with E-state index in [-0.39, 0.29) is 6.04 Å². The van der Waals surface area contributed by atoms with Crippen molar-refractivity contribution < 1.29 is 0 Å². The number of aryl methyl sites for hydroxylation is 1. The Hall–Kier alpha value is -1.33. The third kappa shape index (κ3) is 1.78. The summed E-state index contributed by atoms with van der Waals surface area (Å²) >= 11 is 0. The van der Waals surface area contributed by atoms with Crippen molar-refractivity contribution in [3.05, 3.63) is 35.4 Å². The SMILES string of the molecule is N#CCC1NCCCc2ccccc21. The topological polar surface area (TPSA) is 35.8 Å². The van der Waals surface area contributed by atoms with E-state index in [1.165, 1.54) is 17.5 Å². The standard InChI is InChI=1S/C12H14N2/c13-8-7-12-11-6-2-1-4-10(11)5-3-9-14-12/h1-2,4,6,12,14H,3,5,7,9H2. The van der Waals surface area contributed by atoms with Crippen molar-refractivity contribution >= 4 is 0 Å². The number of hydrogen-bond donors (Lipinski definition) is 1. The van der Waals surface area contributed by atoms with E-state index in [4.69, 9.17) is 5.26 Å². The predicted octanol–water partition coefficient (Wildman–Crippen LogP) is 2.18. The number of nitrogens with zero attached hydrogens (tertiary/aromatic N) is 1. The maximum atomic E-state index is 8.75. The third-order valence-corrected chi connectivity index (χ3v) is 2.74. The summed E-state index contributed by atoms with van der Waals surface area (Å²) in [4.78, 5) is 0. The van der Waals surface area contributed by atoms with Crippen molar-refractivity contribution in [2.24, 2.45) is 0 Å². The summed E-state index contributed by atoms with van der Waals surface area (Å²) in [6.45, 7) is 1.01. The number of nitriles is 1.